The summed E-state index contributed by atoms with van der Waals surface area (Å²) in [5.41, 5.74) is 0. The third-order valence-electron chi connectivity index (χ3n) is 4.68. The second-order valence-electron chi connectivity index (χ2n) is 6.31. The van der Waals surface area contributed by atoms with Gasteiger partial charge in [0.05, 0.1) is 6.10 Å². The van der Waals surface area contributed by atoms with Crippen LogP contribution in [-0.2, 0) is 4.74 Å². The van der Waals surface area contributed by atoms with Crippen molar-refractivity contribution in [2.75, 3.05) is 6.61 Å². The number of nitrogens with one attached hydrogen (secondary N) is 1. The lowest BCUT2D eigenvalue weighted by atomic mass is 9.77. The molecule has 0 aromatic carbocycles. The summed E-state index contributed by atoms with van der Waals surface area (Å²) in [6.45, 7) is 8.03. The SMILES string of the molecule is CC(C)C1CCCCC1NC(C)C1CCCO1. The Bertz CT molecular complexity index is 223. The third kappa shape index (κ3) is 3.45. The molecule has 0 spiro atoms. The zero-order valence-corrected chi connectivity index (χ0v) is 11.7. The smallest absolute Gasteiger partial charge is 0.0726 e. The summed E-state index contributed by atoms with van der Waals surface area (Å²) in [5.74, 6) is 1.68. The fourth-order valence-corrected chi connectivity index (χ4v) is 3.61. The zero-order valence-electron chi connectivity index (χ0n) is 11.7. The average molecular weight is 239 g/mol. The van der Waals surface area contributed by atoms with Crippen LogP contribution >= 0.6 is 0 Å². The molecule has 0 amide bonds. The number of hydrogen-bond acceptors (Lipinski definition) is 2. The van der Waals surface area contributed by atoms with Gasteiger partial charge in [0, 0.05) is 18.7 Å². The molecule has 2 rings (SSSR count). The molecule has 1 heterocycles. The van der Waals surface area contributed by atoms with Crippen molar-refractivity contribution in [1.82, 2.24) is 5.32 Å². The molecular formula is C15H29NO. The molecule has 1 aliphatic heterocycles. The second kappa shape index (κ2) is 6.19. The minimum Gasteiger partial charge on any atom is -0.377 e. The Labute approximate surface area is 107 Å². The molecule has 1 aliphatic carbocycles. The van der Waals surface area contributed by atoms with E-state index in [0.717, 1.165) is 24.5 Å². The fraction of sp³-hybridized carbons (Fsp3) is 1.00. The van der Waals surface area contributed by atoms with Crippen molar-refractivity contribution in [2.45, 2.75) is 77.5 Å². The van der Waals surface area contributed by atoms with E-state index in [-0.39, 0.29) is 0 Å². The third-order valence-corrected chi connectivity index (χ3v) is 4.68. The van der Waals surface area contributed by atoms with Gasteiger partial charge in [0.15, 0.2) is 0 Å². The highest BCUT2D eigenvalue weighted by Crippen LogP contribution is 2.31. The van der Waals surface area contributed by atoms with Gasteiger partial charge in [0.1, 0.15) is 0 Å². The highest BCUT2D eigenvalue weighted by atomic mass is 16.5. The van der Waals surface area contributed by atoms with E-state index >= 15 is 0 Å². The van der Waals surface area contributed by atoms with Crippen LogP contribution in [0.2, 0.25) is 0 Å². The highest BCUT2D eigenvalue weighted by molar-refractivity contribution is 4.87. The first-order valence-electron chi connectivity index (χ1n) is 7.56. The van der Waals surface area contributed by atoms with E-state index in [9.17, 15) is 0 Å². The van der Waals surface area contributed by atoms with Crippen LogP contribution in [-0.4, -0.2) is 24.8 Å². The molecule has 4 unspecified atom stereocenters. The number of ether oxygens (including phenoxy) is 1. The van der Waals surface area contributed by atoms with Gasteiger partial charge in [0.25, 0.3) is 0 Å². The highest BCUT2D eigenvalue weighted by Gasteiger charge is 2.31. The standard InChI is InChI=1S/C15H29NO/c1-11(2)13-7-4-5-8-14(13)16-12(3)15-9-6-10-17-15/h11-16H,4-10H2,1-3H3. The lowest BCUT2D eigenvalue weighted by Gasteiger charge is -2.37. The van der Waals surface area contributed by atoms with E-state index in [1.54, 1.807) is 0 Å². The molecule has 1 saturated heterocycles. The van der Waals surface area contributed by atoms with Gasteiger partial charge in [-0.1, -0.05) is 26.7 Å². The number of hydrogen-bond donors (Lipinski definition) is 1. The molecule has 0 bridgehead atoms. The van der Waals surface area contributed by atoms with E-state index in [4.69, 9.17) is 4.74 Å². The van der Waals surface area contributed by atoms with Crippen LogP contribution in [0, 0.1) is 11.8 Å². The first kappa shape index (κ1) is 13.4. The van der Waals surface area contributed by atoms with Crippen LogP contribution in [0.3, 0.4) is 0 Å². The first-order valence-corrected chi connectivity index (χ1v) is 7.56. The Balaban J connectivity index is 1.86. The van der Waals surface area contributed by atoms with E-state index in [0.29, 0.717) is 12.1 Å². The van der Waals surface area contributed by atoms with Crippen LogP contribution in [0.25, 0.3) is 0 Å². The Morgan fingerprint density at radius 3 is 2.41 bits per heavy atom. The predicted molar refractivity (Wildman–Crippen MR) is 72.2 cm³/mol. The summed E-state index contributed by atoms with van der Waals surface area (Å²) >= 11 is 0. The van der Waals surface area contributed by atoms with Gasteiger partial charge in [-0.3, -0.25) is 0 Å². The summed E-state index contributed by atoms with van der Waals surface area (Å²) < 4.78 is 5.79. The van der Waals surface area contributed by atoms with Crippen molar-refractivity contribution in [3.05, 3.63) is 0 Å². The van der Waals surface area contributed by atoms with Crippen molar-refractivity contribution in [3.63, 3.8) is 0 Å². The second-order valence-corrected chi connectivity index (χ2v) is 6.31. The van der Waals surface area contributed by atoms with Gasteiger partial charge in [0.2, 0.25) is 0 Å². The molecule has 100 valence electrons. The van der Waals surface area contributed by atoms with Crippen molar-refractivity contribution in [1.29, 1.82) is 0 Å². The molecule has 0 aromatic rings. The maximum Gasteiger partial charge on any atom is 0.0726 e. The molecule has 1 saturated carbocycles. The summed E-state index contributed by atoms with van der Waals surface area (Å²) in [6, 6.07) is 1.25. The summed E-state index contributed by atoms with van der Waals surface area (Å²) in [6.07, 6.45) is 8.55. The molecule has 4 atom stereocenters. The van der Waals surface area contributed by atoms with E-state index in [2.05, 4.69) is 26.1 Å². The lowest BCUT2D eigenvalue weighted by Crippen LogP contribution is -2.48. The molecule has 2 fully saturated rings. The summed E-state index contributed by atoms with van der Waals surface area (Å²) in [5, 5.41) is 3.87. The van der Waals surface area contributed by atoms with Gasteiger partial charge < -0.3 is 10.1 Å². The lowest BCUT2D eigenvalue weighted by molar-refractivity contribution is 0.0692. The normalized spacial score (nSPS) is 36.4. The van der Waals surface area contributed by atoms with Crippen LogP contribution in [0.15, 0.2) is 0 Å². The van der Waals surface area contributed by atoms with Gasteiger partial charge in [-0.2, -0.15) is 0 Å². The summed E-state index contributed by atoms with van der Waals surface area (Å²) in [7, 11) is 0. The molecular weight excluding hydrogens is 210 g/mol. The van der Waals surface area contributed by atoms with Crippen LogP contribution < -0.4 is 5.32 Å². The minimum atomic E-state index is 0.463. The zero-order chi connectivity index (χ0) is 12.3. The van der Waals surface area contributed by atoms with Crippen LogP contribution in [0.5, 0.6) is 0 Å². The average Bonchev–Trinajstić information content (AvgIpc) is 2.83. The fourth-order valence-electron chi connectivity index (χ4n) is 3.61. The van der Waals surface area contributed by atoms with Crippen molar-refractivity contribution < 1.29 is 4.74 Å². The van der Waals surface area contributed by atoms with Crippen LogP contribution in [0.4, 0.5) is 0 Å². The van der Waals surface area contributed by atoms with Gasteiger partial charge in [-0.15, -0.1) is 0 Å². The molecule has 17 heavy (non-hydrogen) atoms. The largest absolute Gasteiger partial charge is 0.377 e. The molecule has 2 nitrogen and oxygen atoms in total. The van der Waals surface area contributed by atoms with E-state index < -0.39 is 0 Å². The van der Waals surface area contributed by atoms with Gasteiger partial charge in [-0.25, -0.2) is 0 Å². The Morgan fingerprint density at radius 2 is 1.76 bits per heavy atom. The van der Waals surface area contributed by atoms with Gasteiger partial charge >= 0.3 is 0 Å². The van der Waals surface area contributed by atoms with Crippen molar-refractivity contribution >= 4 is 0 Å². The maximum absolute atomic E-state index is 5.79. The molecule has 0 radical (unpaired) electrons. The quantitative estimate of drug-likeness (QED) is 0.812. The Morgan fingerprint density at radius 1 is 1.00 bits per heavy atom. The van der Waals surface area contributed by atoms with E-state index in [1.807, 2.05) is 0 Å². The van der Waals surface area contributed by atoms with Crippen molar-refractivity contribution in [2.24, 2.45) is 11.8 Å². The topological polar surface area (TPSA) is 21.3 Å². The predicted octanol–water partition coefficient (Wildman–Crippen LogP) is 3.36. The molecule has 2 aliphatic rings. The molecule has 1 N–H and O–H groups in total. The minimum absolute atomic E-state index is 0.463. The summed E-state index contributed by atoms with van der Waals surface area (Å²) in [4.78, 5) is 0. The van der Waals surface area contributed by atoms with Crippen molar-refractivity contribution in [3.8, 4) is 0 Å². The Kier molecular flexibility index (Phi) is 4.87. The first-order chi connectivity index (χ1) is 8.18. The van der Waals surface area contributed by atoms with Crippen LogP contribution in [0.1, 0.15) is 59.3 Å². The van der Waals surface area contributed by atoms with Gasteiger partial charge in [-0.05, 0) is 44.4 Å². The molecule has 2 heteroatoms. The molecule has 0 aromatic heterocycles. The monoisotopic (exact) mass is 239 g/mol. The maximum atomic E-state index is 5.79. The Hall–Kier alpha value is -0.0800. The van der Waals surface area contributed by atoms with E-state index in [1.165, 1.54) is 38.5 Å². The number of rotatable bonds is 4.